The second-order valence-electron chi connectivity index (χ2n) is 9.51. The van der Waals surface area contributed by atoms with E-state index in [9.17, 15) is 17.6 Å². The summed E-state index contributed by atoms with van der Waals surface area (Å²) in [6.07, 6.45) is 2.54. The van der Waals surface area contributed by atoms with Gasteiger partial charge in [0.25, 0.3) is 0 Å². The largest absolute Gasteiger partial charge is 0.489 e. The number of nitrogens with one attached hydrogen (secondary N) is 1. The Hall–Kier alpha value is -1.93. The van der Waals surface area contributed by atoms with Crippen molar-refractivity contribution < 1.29 is 22.3 Å². The van der Waals surface area contributed by atoms with E-state index in [0.29, 0.717) is 36.9 Å². The molecular formula is C21H29FN2O4S. The molecule has 1 aromatic rings. The first-order chi connectivity index (χ1) is 13.4. The van der Waals surface area contributed by atoms with E-state index < -0.39 is 15.3 Å². The third kappa shape index (κ3) is 4.48. The zero-order valence-electron chi connectivity index (χ0n) is 17.1. The second kappa shape index (κ2) is 7.40. The molecule has 160 valence electrons. The molecule has 0 heterocycles. The van der Waals surface area contributed by atoms with Crippen molar-refractivity contribution in [1.82, 2.24) is 5.32 Å². The molecule has 3 fully saturated rings. The van der Waals surface area contributed by atoms with Crippen molar-refractivity contribution in [3.05, 3.63) is 36.2 Å². The molecule has 2 bridgehead atoms. The standard InChI is InChI=1S/C21H29FN2O4S/c1-19(2,3)18(25)24-21-11-20(12-21,13-21)14-29(26,27)17-6-4-16(5-7-17)28-10-15(8-22)9-23/h4-8H,9-14,23H2,1-3H3,(H,24,25)/b15-8+. The molecule has 29 heavy (non-hydrogen) atoms. The number of amides is 1. The molecule has 0 aromatic heterocycles. The lowest BCUT2D eigenvalue weighted by molar-refractivity contribution is -0.160. The van der Waals surface area contributed by atoms with Crippen LogP contribution in [0.15, 0.2) is 41.1 Å². The van der Waals surface area contributed by atoms with Crippen LogP contribution in [-0.4, -0.2) is 38.8 Å². The molecule has 0 saturated heterocycles. The van der Waals surface area contributed by atoms with Gasteiger partial charge in [-0.1, -0.05) is 20.8 Å². The number of rotatable bonds is 8. The smallest absolute Gasteiger partial charge is 0.225 e. The normalized spacial score (nSPS) is 26.3. The summed E-state index contributed by atoms with van der Waals surface area (Å²) in [5, 5.41) is 3.10. The zero-order chi connectivity index (χ0) is 21.5. The van der Waals surface area contributed by atoms with Crippen LogP contribution in [0.2, 0.25) is 0 Å². The second-order valence-corrected chi connectivity index (χ2v) is 11.5. The van der Waals surface area contributed by atoms with Gasteiger partial charge in [0.2, 0.25) is 5.91 Å². The van der Waals surface area contributed by atoms with Crippen molar-refractivity contribution in [2.75, 3.05) is 18.9 Å². The molecule has 8 heteroatoms. The lowest BCUT2D eigenvalue weighted by Crippen LogP contribution is -2.76. The Labute approximate surface area is 171 Å². The van der Waals surface area contributed by atoms with Gasteiger partial charge in [0.1, 0.15) is 12.4 Å². The Morgan fingerprint density at radius 2 is 1.83 bits per heavy atom. The predicted molar refractivity (Wildman–Crippen MR) is 109 cm³/mol. The van der Waals surface area contributed by atoms with Gasteiger partial charge in [-0.2, -0.15) is 0 Å². The van der Waals surface area contributed by atoms with E-state index in [4.69, 9.17) is 10.5 Å². The van der Waals surface area contributed by atoms with Crippen molar-refractivity contribution in [2.45, 2.75) is 50.5 Å². The van der Waals surface area contributed by atoms with Crippen LogP contribution in [0.1, 0.15) is 40.0 Å². The summed E-state index contributed by atoms with van der Waals surface area (Å²) in [5.74, 6) is 0.533. The highest BCUT2D eigenvalue weighted by molar-refractivity contribution is 7.91. The van der Waals surface area contributed by atoms with Gasteiger partial charge >= 0.3 is 0 Å². The highest BCUT2D eigenvalue weighted by Crippen LogP contribution is 2.68. The van der Waals surface area contributed by atoms with Gasteiger partial charge in [-0.15, -0.1) is 0 Å². The Bertz CT molecular complexity index is 897. The molecule has 3 aliphatic carbocycles. The predicted octanol–water partition coefficient (Wildman–Crippen LogP) is 2.74. The van der Waals surface area contributed by atoms with Gasteiger partial charge in [-0.05, 0) is 48.9 Å². The monoisotopic (exact) mass is 424 g/mol. The molecule has 0 radical (unpaired) electrons. The fourth-order valence-corrected chi connectivity index (χ4v) is 6.08. The molecule has 0 spiro atoms. The van der Waals surface area contributed by atoms with Crippen LogP contribution in [0.25, 0.3) is 0 Å². The first kappa shape index (κ1) is 21.8. The number of hydrogen-bond acceptors (Lipinski definition) is 5. The highest BCUT2D eigenvalue weighted by atomic mass is 32.2. The lowest BCUT2D eigenvalue weighted by atomic mass is 9.40. The number of halogens is 1. The van der Waals surface area contributed by atoms with E-state index in [0.717, 1.165) is 0 Å². The van der Waals surface area contributed by atoms with Gasteiger partial charge in [-0.3, -0.25) is 4.79 Å². The van der Waals surface area contributed by atoms with E-state index in [2.05, 4.69) is 5.32 Å². The minimum atomic E-state index is -3.44. The zero-order valence-corrected chi connectivity index (χ0v) is 17.9. The van der Waals surface area contributed by atoms with Crippen LogP contribution in [-0.2, 0) is 14.6 Å². The van der Waals surface area contributed by atoms with Gasteiger partial charge < -0.3 is 15.8 Å². The van der Waals surface area contributed by atoms with Crippen LogP contribution < -0.4 is 15.8 Å². The van der Waals surface area contributed by atoms with Crippen molar-refractivity contribution in [2.24, 2.45) is 16.6 Å². The van der Waals surface area contributed by atoms with Crippen molar-refractivity contribution >= 4 is 15.7 Å². The summed E-state index contributed by atoms with van der Waals surface area (Å²) in [4.78, 5) is 12.4. The number of ether oxygens (including phenoxy) is 1. The van der Waals surface area contributed by atoms with Crippen LogP contribution in [0.4, 0.5) is 4.39 Å². The summed E-state index contributed by atoms with van der Waals surface area (Å²) in [6, 6.07) is 6.14. The quantitative estimate of drug-likeness (QED) is 0.669. The topological polar surface area (TPSA) is 98.5 Å². The fourth-order valence-electron chi connectivity index (χ4n) is 4.25. The molecule has 4 rings (SSSR count). The Kier molecular flexibility index (Phi) is 5.55. The number of nitrogens with two attached hydrogens (primary N) is 1. The molecule has 3 aliphatic rings. The fraction of sp³-hybridized carbons (Fsp3) is 0.571. The minimum Gasteiger partial charge on any atom is -0.489 e. The number of benzene rings is 1. The van der Waals surface area contributed by atoms with Gasteiger partial charge in [0.05, 0.1) is 17.0 Å². The Balaban J connectivity index is 1.56. The molecular weight excluding hydrogens is 395 g/mol. The highest BCUT2D eigenvalue weighted by Gasteiger charge is 2.69. The van der Waals surface area contributed by atoms with Crippen molar-refractivity contribution in [1.29, 1.82) is 0 Å². The van der Waals surface area contributed by atoms with Gasteiger partial charge in [0.15, 0.2) is 9.84 Å². The van der Waals surface area contributed by atoms with Crippen molar-refractivity contribution in [3.8, 4) is 5.75 Å². The third-order valence-electron chi connectivity index (χ3n) is 5.72. The maximum Gasteiger partial charge on any atom is 0.225 e. The molecule has 1 aromatic carbocycles. The first-order valence-corrected chi connectivity index (χ1v) is 11.3. The molecule has 0 aliphatic heterocycles. The van der Waals surface area contributed by atoms with Crippen LogP contribution in [0.5, 0.6) is 5.75 Å². The lowest BCUT2D eigenvalue weighted by Gasteiger charge is -2.70. The number of sulfone groups is 1. The van der Waals surface area contributed by atoms with Crippen LogP contribution in [0.3, 0.4) is 0 Å². The Morgan fingerprint density at radius 3 is 2.31 bits per heavy atom. The van der Waals surface area contributed by atoms with Crippen LogP contribution in [0, 0.1) is 10.8 Å². The molecule has 0 unspecified atom stereocenters. The average Bonchev–Trinajstić information content (AvgIpc) is 2.59. The van der Waals surface area contributed by atoms with E-state index in [1.165, 1.54) is 12.1 Å². The van der Waals surface area contributed by atoms with Crippen molar-refractivity contribution in [3.63, 3.8) is 0 Å². The summed E-state index contributed by atoms with van der Waals surface area (Å²) in [5.41, 5.74) is 4.78. The first-order valence-electron chi connectivity index (χ1n) is 9.69. The Morgan fingerprint density at radius 1 is 1.24 bits per heavy atom. The number of carbonyl (C=O) groups is 1. The molecule has 3 N–H and O–H groups in total. The molecule has 1 amide bonds. The van der Waals surface area contributed by atoms with E-state index in [1.807, 2.05) is 20.8 Å². The SMILES string of the molecule is CC(C)(C)C(=O)NC12CC(CS(=O)(=O)c3ccc(OC/C(=C/F)CN)cc3)(C1)C2. The summed E-state index contributed by atoms with van der Waals surface area (Å²) in [6.45, 7) is 5.68. The average molecular weight is 425 g/mol. The molecule has 3 saturated carbocycles. The van der Waals surface area contributed by atoms with Gasteiger partial charge in [-0.25, -0.2) is 12.8 Å². The number of carbonyl (C=O) groups excluding carboxylic acids is 1. The van der Waals surface area contributed by atoms with E-state index in [-0.39, 0.29) is 40.7 Å². The maximum absolute atomic E-state index is 12.8. The minimum absolute atomic E-state index is 0.00430. The summed E-state index contributed by atoms with van der Waals surface area (Å²) >= 11 is 0. The van der Waals surface area contributed by atoms with E-state index in [1.54, 1.807) is 12.1 Å². The van der Waals surface area contributed by atoms with Crippen LogP contribution >= 0.6 is 0 Å². The maximum atomic E-state index is 12.8. The summed E-state index contributed by atoms with van der Waals surface area (Å²) in [7, 11) is -3.44. The molecule has 6 nitrogen and oxygen atoms in total. The van der Waals surface area contributed by atoms with Gasteiger partial charge in [0, 0.05) is 23.1 Å². The number of hydrogen-bond donors (Lipinski definition) is 2. The van der Waals surface area contributed by atoms with E-state index >= 15 is 0 Å². The molecule has 0 atom stereocenters. The third-order valence-corrected chi connectivity index (χ3v) is 7.70. The summed E-state index contributed by atoms with van der Waals surface area (Å²) < 4.78 is 43.6.